The van der Waals surface area contributed by atoms with Crippen molar-refractivity contribution in [2.45, 2.75) is 26.8 Å². The molecule has 1 atom stereocenters. The first-order chi connectivity index (χ1) is 9.46. The van der Waals surface area contributed by atoms with Crippen molar-refractivity contribution in [1.29, 1.82) is 5.26 Å². The molecule has 1 rings (SSSR count). The zero-order chi connectivity index (χ0) is 15.3. The third-order valence-corrected chi connectivity index (χ3v) is 3.26. The van der Waals surface area contributed by atoms with Gasteiger partial charge in [-0.3, -0.25) is 4.79 Å². The average Bonchev–Trinajstić information content (AvgIpc) is 2.70. The van der Waals surface area contributed by atoms with Gasteiger partial charge in [-0.05, 0) is 38.5 Å². The van der Waals surface area contributed by atoms with Gasteiger partial charge in [-0.2, -0.15) is 5.26 Å². The molecule has 1 N–H and O–H groups in total. The summed E-state index contributed by atoms with van der Waals surface area (Å²) in [7, 11) is 3.18. The van der Waals surface area contributed by atoms with Crippen LogP contribution >= 0.6 is 0 Å². The summed E-state index contributed by atoms with van der Waals surface area (Å²) >= 11 is 0. The maximum absolute atomic E-state index is 11.6. The normalized spacial score (nSPS) is 12.9. The molecule has 0 aliphatic heterocycles. The highest BCUT2D eigenvalue weighted by atomic mass is 16.5. The van der Waals surface area contributed by atoms with Crippen molar-refractivity contribution >= 4 is 12.0 Å². The van der Waals surface area contributed by atoms with E-state index in [1.807, 2.05) is 26.0 Å². The lowest BCUT2D eigenvalue weighted by atomic mass is 10.1. The van der Waals surface area contributed by atoms with Crippen LogP contribution in [0.4, 0.5) is 0 Å². The van der Waals surface area contributed by atoms with Crippen molar-refractivity contribution in [1.82, 2.24) is 9.88 Å². The number of hydrogen-bond donors (Lipinski definition) is 1. The molecule has 0 radical (unpaired) electrons. The summed E-state index contributed by atoms with van der Waals surface area (Å²) < 4.78 is 7.33. The van der Waals surface area contributed by atoms with Gasteiger partial charge in [0.15, 0.2) is 0 Å². The third kappa shape index (κ3) is 3.28. The summed E-state index contributed by atoms with van der Waals surface area (Å²) in [5.41, 5.74) is 3.08. The average molecular weight is 275 g/mol. The minimum atomic E-state index is -0.373. The highest BCUT2D eigenvalue weighted by Gasteiger charge is 2.15. The minimum absolute atomic E-state index is 0.104. The van der Waals surface area contributed by atoms with Crippen molar-refractivity contribution in [3.05, 3.63) is 28.6 Å². The second-order valence-corrected chi connectivity index (χ2v) is 4.75. The van der Waals surface area contributed by atoms with Gasteiger partial charge in [-0.15, -0.1) is 0 Å². The maximum atomic E-state index is 11.6. The van der Waals surface area contributed by atoms with E-state index in [0.717, 1.165) is 17.0 Å². The molecule has 20 heavy (non-hydrogen) atoms. The van der Waals surface area contributed by atoms with E-state index in [9.17, 15) is 4.79 Å². The number of ether oxygens (including phenoxy) is 1. The van der Waals surface area contributed by atoms with Crippen molar-refractivity contribution in [3.8, 4) is 6.07 Å². The smallest absolute Gasteiger partial charge is 0.261 e. The van der Waals surface area contributed by atoms with Crippen molar-refractivity contribution in [3.63, 3.8) is 0 Å². The number of aromatic nitrogens is 1. The van der Waals surface area contributed by atoms with E-state index < -0.39 is 0 Å². The molecule has 108 valence electrons. The molecule has 0 saturated heterocycles. The Hall–Kier alpha value is -2.06. The Morgan fingerprint density at radius 3 is 2.75 bits per heavy atom. The van der Waals surface area contributed by atoms with Crippen LogP contribution in [0.3, 0.4) is 0 Å². The largest absolute Gasteiger partial charge is 0.383 e. The topological polar surface area (TPSA) is 67.0 Å². The fourth-order valence-corrected chi connectivity index (χ4v) is 2.38. The van der Waals surface area contributed by atoms with Crippen LogP contribution in [0.15, 0.2) is 11.6 Å². The Bertz CT molecular complexity index is 564. The lowest BCUT2D eigenvalue weighted by Crippen LogP contribution is -2.19. The van der Waals surface area contributed by atoms with Crippen LogP contribution in [0.2, 0.25) is 0 Å². The number of nitrogens with one attached hydrogen (secondary N) is 1. The Morgan fingerprint density at radius 2 is 2.25 bits per heavy atom. The predicted octanol–water partition coefficient (Wildman–Crippen LogP) is 1.97. The number of aryl methyl sites for hydroxylation is 1. The molecule has 0 aliphatic carbocycles. The molecular weight excluding hydrogens is 254 g/mol. The van der Waals surface area contributed by atoms with Crippen LogP contribution in [0.5, 0.6) is 0 Å². The first-order valence-electron chi connectivity index (χ1n) is 6.47. The SMILES string of the molecule is CNC(=O)/C(C#N)=C/c1cc(C)n(C(C)COC)c1C. The second-order valence-electron chi connectivity index (χ2n) is 4.75. The molecule has 0 spiro atoms. The highest BCUT2D eigenvalue weighted by molar-refractivity contribution is 6.01. The van der Waals surface area contributed by atoms with Crippen LogP contribution in [0, 0.1) is 25.2 Å². The number of amides is 1. The zero-order valence-electron chi connectivity index (χ0n) is 12.7. The Kier molecular flexibility index (Phi) is 5.53. The molecular formula is C15H21N3O2. The Balaban J connectivity index is 3.23. The molecule has 1 amide bonds. The van der Waals surface area contributed by atoms with Gasteiger partial charge in [0.25, 0.3) is 5.91 Å². The quantitative estimate of drug-likeness (QED) is 0.660. The van der Waals surface area contributed by atoms with Gasteiger partial charge in [0.1, 0.15) is 11.6 Å². The number of rotatable bonds is 5. The van der Waals surface area contributed by atoms with E-state index in [0.29, 0.717) is 6.61 Å². The number of nitrogens with zero attached hydrogens (tertiary/aromatic N) is 2. The molecule has 1 heterocycles. The summed E-state index contributed by atoms with van der Waals surface area (Å²) in [6.07, 6.45) is 1.62. The van der Waals surface area contributed by atoms with Gasteiger partial charge in [-0.25, -0.2) is 0 Å². The summed E-state index contributed by atoms with van der Waals surface area (Å²) in [6, 6.07) is 4.10. The van der Waals surface area contributed by atoms with Crippen LogP contribution in [-0.4, -0.2) is 31.2 Å². The van der Waals surface area contributed by atoms with Gasteiger partial charge in [-0.1, -0.05) is 0 Å². The van der Waals surface area contributed by atoms with Crippen LogP contribution < -0.4 is 5.32 Å². The lowest BCUT2D eigenvalue weighted by Gasteiger charge is -2.17. The van der Waals surface area contributed by atoms with Crippen molar-refractivity contribution in [2.75, 3.05) is 20.8 Å². The highest BCUT2D eigenvalue weighted by Crippen LogP contribution is 2.22. The van der Waals surface area contributed by atoms with Gasteiger partial charge in [0.05, 0.1) is 12.6 Å². The fourth-order valence-electron chi connectivity index (χ4n) is 2.38. The number of carbonyl (C=O) groups is 1. The number of likely N-dealkylation sites (N-methyl/N-ethyl adjacent to an activating group) is 1. The Morgan fingerprint density at radius 1 is 1.60 bits per heavy atom. The number of nitriles is 1. The van der Waals surface area contributed by atoms with E-state index >= 15 is 0 Å². The summed E-state index contributed by atoms with van der Waals surface area (Å²) in [5, 5.41) is 11.5. The van der Waals surface area contributed by atoms with Gasteiger partial charge < -0.3 is 14.6 Å². The summed E-state index contributed by atoms with van der Waals surface area (Å²) in [5.74, 6) is -0.373. The number of carbonyl (C=O) groups excluding carboxylic acids is 1. The van der Waals surface area contributed by atoms with Gasteiger partial charge in [0, 0.05) is 25.5 Å². The summed E-state index contributed by atoms with van der Waals surface area (Å²) in [6.45, 7) is 6.66. The fraction of sp³-hybridized carbons (Fsp3) is 0.467. The van der Waals surface area contributed by atoms with Gasteiger partial charge in [0.2, 0.25) is 0 Å². The third-order valence-electron chi connectivity index (χ3n) is 3.26. The molecule has 5 heteroatoms. The van der Waals surface area contributed by atoms with E-state index in [2.05, 4.69) is 16.8 Å². The molecule has 1 aromatic rings. The van der Waals surface area contributed by atoms with Gasteiger partial charge >= 0.3 is 0 Å². The number of hydrogen-bond acceptors (Lipinski definition) is 3. The standard InChI is InChI=1S/C15H21N3O2/c1-10-6-13(7-14(8-16)15(19)17-4)12(3)18(10)11(2)9-20-5/h6-7,11H,9H2,1-5H3,(H,17,19)/b14-7+. The molecule has 0 aliphatic rings. The van der Waals surface area contributed by atoms with E-state index in [4.69, 9.17) is 10.00 Å². The van der Waals surface area contributed by atoms with Crippen LogP contribution in [0.25, 0.3) is 6.08 Å². The molecule has 5 nitrogen and oxygen atoms in total. The molecule has 0 aromatic carbocycles. The Labute approximate surface area is 119 Å². The van der Waals surface area contributed by atoms with E-state index in [1.54, 1.807) is 13.2 Å². The minimum Gasteiger partial charge on any atom is -0.383 e. The molecule has 0 bridgehead atoms. The van der Waals surface area contributed by atoms with E-state index in [1.165, 1.54) is 7.05 Å². The van der Waals surface area contributed by atoms with Crippen LogP contribution in [-0.2, 0) is 9.53 Å². The van der Waals surface area contributed by atoms with Crippen LogP contribution in [0.1, 0.15) is 29.9 Å². The predicted molar refractivity (Wildman–Crippen MR) is 78.1 cm³/mol. The molecule has 0 fully saturated rings. The zero-order valence-corrected chi connectivity index (χ0v) is 12.7. The molecule has 1 unspecified atom stereocenters. The van der Waals surface area contributed by atoms with Crippen molar-refractivity contribution in [2.24, 2.45) is 0 Å². The second kappa shape index (κ2) is 6.92. The van der Waals surface area contributed by atoms with E-state index in [-0.39, 0.29) is 17.5 Å². The van der Waals surface area contributed by atoms with Crippen molar-refractivity contribution < 1.29 is 9.53 Å². The first kappa shape index (κ1) is 16.0. The molecule has 1 aromatic heterocycles. The lowest BCUT2D eigenvalue weighted by molar-refractivity contribution is -0.116. The maximum Gasteiger partial charge on any atom is 0.261 e. The summed E-state index contributed by atoms with van der Waals surface area (Å²) in [4.78, 5) is 11.6. The first-order valence-corrected chi connectivity index (χ1v) is 6.47. The number of methoxy groups -OCH3 is 1. The molecule has 0 saturated carbocycles. The monoisotopic (exact) mass is 275 g/mol.